The van der Waals surface area contributed by atoms with E-state index in [1.54, 1.807) is 12.1 Å². The number of sulfone groups is 1. The summed E-state index contributed by atoms with van der Waals surface area (Å²) in [6.07, 6.45) is 2.61. The molecule has 0 aromatic heterocycles. The van der Waals surface area contributed by atoms with Crippen molar-refractivity contribution in [2.24, 2.45) is 0 Å². The lowest BCUT2D eigenvalue weighted by Gasteiger charge is -2.03. The molecule has 14 heavy (non-hydrogen) atoms. The molecule has 1 fully saturated rings. The van der Waals surface area contributed by atoms with E-state index < -0.39 is 9.84 Å². The number of hydrogen-bond donors (Lipinski definition) is 0. The summed E-state index contributed by atoms with van der Waals surface area (Å²) in [6, 6.07) is 7.25. The van der Waals surface area contributed by atoms with E-state index in [-0.39, 0.29) is 5.25 Å². The zero-order chi connectivity index (χ0) is 10.2. The minimum absolute atomic E-state index is 0.102. The molecule has 1 aliphatic carbocycles. The van der Waals surface area contributed by atoms with Crippen molar-refractivity contribution in [3.63, 3.8) is 0 Å². The third-order valence-corrected chi connectivity index (χ3v) is 4.90. The Morgan fingerprint density at radius 2 is 1.79 bits per heavy atom. The van der Waals surface area contributed by atoms with Crippen LogP contribution >= 0.6 is 0 Å². The smallest absolute Gasteiger partial charge is 0.181 e. The average molecular weight is 210 g/mol. The van der Waals surface area contributed by atoms with Crippen LogP contribution in [0.1, 0.15) is 25.3 Å². The van der Waals surface area contributed by atoms with Gasteiger partial charge in [-0.2, -0.15) is 0 Å². The molecular weight excluding hydrogens is 196 g/mol. The number of benzene rings is 1. The molecule has 0 bridgehead atoms. The number of rotatable bonds is 3. The van der Waals surface area contributed by atoms with Crippen molar-refractivity contribution in [1.29, 1.82) is 0 Å². The Morgan fingerprint density at radius 1 is 1.21 bits per heavy atom. The Balaban J connectivity index is 2.33. The first-order valence-electron chi connectivity index (χ1n) is 4.97. The molecule has 0 atom stereocenters. The van der Waals surface area contributed by atoms with Crippen LogP contribution in [0.25, 0.3) is 0 Å². The second-order valence-corrected chi connectivity index (χ2v) is 5.97. The molecule has 0 N–H and O–H groups in total. The van der Waals surface area contributed by atoms with Crippen LogP contribution in [0.2, 0.25) is 0 Å². The fraction of sp³-hybridized carbons (Fsp3) is 0.455. The minimum Gasteiger partial charge on any atom is -0.223 e. The SMILES string of the molecule is CCc1ccc(S(=O)(=O)C2CC2)cc1. The Labute approximate surface area is 84.9 Å². The van der Waals surface area contributed by atoms with Crippen molar-refractivity contribution in [3.05, 3.63) is 29.8 Å². The van der Waals surface area contributed by atoms with Crippen LogP contribution in [0, 0.1) is 0 Å². The molecule has 0 saturated heterocycles. The van der Waals surface area contributed by atoms with E-state index in [2.05, 4.69) is 6.92 Å². The largest absolute Gasteiger partial charge is 0.223 e. The first-order valence-corrected chi connectivity index (χ1v) is 6.52. The quantitative estimate of drug-likeness (QED) is 0.766. The van der Waals surface area contributed by atoms with Crippen molar-refractivity contribution in [2.45, 2.75) is 36.3 Å². The summed E-state index contributed by atoms with van der Waals surface area (Å²) in [5.74, 6) is 0. The van der Waals surface area contributed by atoms with Gasteiger partial charge in [0.1, 0.15) is 0 Å². The van der Waals surface area contributed by atoms with Gasteiger partial charge in [-0.15, -0.1) is 0 Å². The molecule has 1 aromatic carbocycles. The minimum atomic E-state index is -2.99. The van der Waals surface area contributed by atoms with Gasteiger partial charge in [-0.3, -0.25) is 0 Å². The lowest BCUT2D eigenvalue weighted by Crippen LogP contribution is -2.06. The maximum atomic E-state index is 11.8. The highest BCUT2D eigenvalue weighted by Gasteiger charge is 2.36. The van der Waals surface area contributed by atoms with Gasteiger partial charge >= 0.3 is 0 Å². The first-order chi connectivity index (χ1) is 6.64. The van der Waals surface area contributed by atoms with E-state index in [0.717, 1.165) is 19.3 Å². The van der Waals surface area contributed by atoms with Crippen LogP contribution in [0.4, 0.5) is 0 Å². The van der Waals surface area contributed by atoms with Crippen LogP contribution in [0.3, 0.4) is 0 Å². The van der Waals surface area contributed by atoms with Gasteiger partial charge in [0.2, 0.25) is 0 Å². The van der Waals surface area contributed by atoms with Crippen molar-refractivity contribution in [2.75, 3.05) is 0 Å². The summed E-state index contributed by atoms with van der Waals surface area (Å²) in [6.45, 7) is 2.06. The topological polar surface area (TPSA) is 34.1 Å². The molecule has 2 nitrogen and oxygen atoms in total. The maximum absolute atomic E-state index is 11.8. The summed E-state index contributed by atoms with van der Waals surface area (Å²) in [7, 11) is -2.99. The van der Waals surface area contributed by atoms with Gasteiger partial charge in [0.05, 0.1) is 10.1 Å². The maximum Gasteiger partial charge on any atom is 0.181 e. The lowest BCUT2D eigenvalue weighted by atomic mass is 10.2. The second kappa shape index (κ2) is 3.39. The fourth-order valence-corrected chi connectivity index (χ4v) is 3.14. The van der Waals surface area contributed by atoms with Crippen molar-refractivity contribution < 1.29 is 8.42 Å². The van der Waals surface area contributed by atoms with E-state index in [9.17, 15) is 8.42 Å². The Bertz CT molecular complexity index is 413. The molecule has 2 rings (SSSR count). The molecule has 1 aromatic rings. The number of hydrogen-bond acceptors (Lipinski definition) is 2. The van der Waals surface area contributed by atoms with E-state index in [0.29, 0.717) is 4.90 Å². The van der Waals surface area contributed by atoms with Crippen molar-refractivity contribution in [1.82, 2.24) is 0 Å². The van der Waals surface area contributed by atoms with Crippen LogP contribution in [0.5, 0.6) is 0 Å². The van der Waals surface area contributed by atoms with E-state index in [1.807, 2.05) is 12.1 Å². The van der Waals surface area contributed by atoms with Gasteiger partial charge in [0, 0.05) is 0 Å². The van der Waals surface area contributed by atoms with Gasteiger partial charge in [-0.25, -0.2) is 8.42 Å². The molecule has 0 amide bonds. The van der Waals surface area contributed by atoms with Gasteiger partial charge < -0.3 is 0 Å². The van der Waals surface area contributed by atoms with Crippen LogP contribution in [-0.4, -0.2) is 13.7 Å². The van der Waals surface area contributed by atoms with Gasteiger partial charge in [-0.1, -0.05) is 19.1 Å². The van der Waals surface area contributed by atoms with Gasteiger partial charge in [0.15, 0.2) is 9.84 Å². The summed E-state index contributed by atoms with van der Waals surface area (Å²) in [4.78, 5) is 0.484. The monoisotopic (exact) mass is 210 g/mol. The van der Waals surface area contributed by atoms with E-state index >= 15 is 0 Å². The molecule has 0 radical (unpaired) electrons. The third kappa shape index (κ3) is 1.69. The molecule has 0 aliphatic heterocycles. The van der Waals surface area contributed by atoms with Gasteiger partial charge in [0.25, 0.3) is 0 Å². The molecule has 0 unspecified atom stereocenters. The molecule has 0 spiro atoms. The molecule has 76 valence electrons. The van der Waals surface area contributed by atoms with Crippen LogP contribution in [0.15, 0.2) is 29.2 Å². The predicted molar refractivity (Wildman–Crippen MR) is 56.0 cm³/mol. The van der Waals surface area contributed by atoms with E-state index in [1.165, 1.54) is 5.56 Å². The predicted octanol–water partition coefficient (Wildman–Crippen LogP) is 2.19. The molecular formula is C11H14O2S. The highest BCUT2D eigenvalue weighted by atomic mass is 32.2. The first kappa shape index (κ1) is 9.71. The molecule has 1 aliphatic rings. The summed E-state index contributed by atoms with van der Waals surface area (Å²) >= 11 is 0. The van der Waals surface area contributed by atoms with Crippen molar-refractivity contribution in [3.8, 4) is 0 Å². The molecule has 0 heterocycles. The highest BCUT2D eigenvalue weighted by Crippen LogP contribution is 2.33. The zero-order valence-electron chi connectivity index (χ0n) is 8.23. The normalized spacial score (nSPS) is 16.9. The zero-order valence-corrected chi connectivity index (χ0v) is 9.05. The van der Waals surface area contributed by atoms with Crippen LogP contribution < -0.4 is 0 Å². The average Bonchev–Trinajstić information content (AvgIpc) is 3.01. The van der Waals surface area contributed by atoms with Gasteiger partial charge in [-0.05, 0) is 37.0 Å². The van der Waals surface area contributed by atoms with Crippen LogP contribution in [-0.2, 0) is 16.3 Å². The lowest BCUT2D eigenvalue weighted by molar-refractivity contribution is 0.595. The Morgan fingerprint density at radius 3 is 2.21 bits per heavy atom. The standard InChI is InChI=1S/C11H14O2S/c1-2-9-3-5-10(6-4-9)14(12,13)11-7-8-11/h3-6,11H,2,7-8H2,1H3. The molecule has 3 heteroatoms. The summed E-state index contributed by atoms with van der Waals surface area (Å²) in [5, 5.41) is -0.102. The summed E-state index contributed by atoms with van der Waals surface area (Å²) in [5.41, 5.74) is 1.18. The highest BCUT2D eigenvalue weighted by molar-refractivity contribution is 7.92. The Hall–Kier alpha value is -0.830. The summed E-state index contributed by atoms with van der Waals surface area (Å²) < 4.78 is 23.6. The van der Waals surface area contributed by atoms with Crippen molar-refractivity contribution >= 4 is 9.84 Å². The Kier molecular flexibility index (Phi) is 2.35. The number of aryl methyl sites for hydroxylation is 1. The molecule has 1 saturated carbocycles. The second-order valence-electron chi connectivity index (χ2n) is 3.74. The third-order valence-electron chi connectivity index (χ3n) is 2.62. The van der Waals surface area contributed by atoms with E-state index in [4.69, 9.17) is 0 Å². The fourth-order valence-electron chi connectivity index (χ4n) is 1.49.